The molecule has 0 aliphatic carbocycles. The molecular weight excluding hydrogens is 389 g/mol. The first-order valence-corrected chi connectivity index (χ1v) is 7.50. The van der Waals surface area contributed by atoms with E-state index in [2.05, 4.69) is 4.74 Å². The lowest BCUT2D eigenvalue weighted by Crippen LogP contribution is -2.33. The number of methoxy groups -OCH3 is 1. The Morgan fingerprint density at radius 1 is 0.857 bits per heavy atom. The summed E-state index contributed by atoms with van der Waals surface area (Å²) in [7, 11) is 0.840. The minimum absolute atomic E-state index is 0.111. The Bertz CT molecular complexity index is 1020. The Balaban J connectivity index is 2.24. The largest absolute Gasteiger partial charge is 0.464 e. The lowest BCUT2D eigenvalue weighted by molar-refractivity contribution is -0.137. The number of imide groups is 1. The van der Waals surface area contributed by atoms with Crippen molar-refractivity contribution in [2.75, 3.05) is 7.11 Å². The van der Waals surface area contributed by atoms with Gasteiger partial charge in [-0.25, -0.2) is 31.6 Å². The first-order valence-electron chi connectivity index (χ1n) is 7.50. The number of benzene rings is 2. The van der Waals surface area contributed by atoms with Crippen molar-refractivity contribution in [2.24, 2.45) is 0 Å². The average molecular weight is 397 g/mol. The molecule has 1 aliphatic heterocycles. The molecule has 0 saturated carbocycles. The van der Waals surface area contributed by atoms with Gasteiger partial charge in [-0.3, -0.25) is 9.59 Å². The topological polar surface area (TPSA) is 63.7 Å². The number of carbonyl (C=O) groups excluding carboxylic acids is 3. The molecule has 0 saturated heterocycles. The molecule has 1 heterocycles. The number of amides is 2. The monoisotopic (exact) mass is 397 g/mol. The SMILES string of the molecule is COC(=O)/C(=C\c1c(F)c(F)c(F)c(F)c1F)N1C(=O)c2ccccc2C1=O. The molecule has 0 spiro atoms. The van der Waals surface area contributed by atoms with Gasteiger partial charge in [0.05, 0.1) is 23.8 Å². The van der Waals surface area contributed by atoms with Crippen LogP contribution >= 0.6 is 0 Å². The molecule has 0 aromatic heterocycles. The lowest BCUT2D eigenvalue weighted by Gasteiger charge is -2.16. The van der Waals surface area contributed by atoms with Crippen molar-refractivity contribution in [3.63, 3.8) is 0 Å². The van der Waals surface area contributed by atoms with Gasteiger partial charge in [-0.15, -0.1) is 0 Å². The maximum atomic E-state index is 14.0. The van der Waals surface area contributed by atoms with Crippen LogP contribution in [0.1, 0.15) is 26.3 Å². The highest BCUT2D eigenvalue weighted by atomic mass is 19.2. The summed E-state index contributed by atoms with van der Waals surface area (Å²) in [5, 5.41) is 0. The van der Waals surface area contributed by atoms with Crippen LogP contribution in [0.15, 0.2) is 30.0 Å². The lowest BCUT2D eigenvalue weighted by atomic mass is 10.1. The Hall–Kier alpha value is -3.56. The zero-order chi connectivity index (χ0) is 20.7. The third-order valence-electron chi connectivity index (χ3n) is 3.95. The highest BCUT2D eigenvalue weighted by Gasteiger charge is 2.40. The minimum Gasteiger partial charge on any atom is -0.464 e. The minimum atomic E-state index is -2.40. The fourth-order valence-corrected chi connectivity index (χ4v) is 2.61. The number of nitrogens with zero attached hydrogens (tertiary/aromatic N) is 1. The highest BCUT2D eigenvalue weighted by Crippen LogP contribution is 2.30. The smallest absolute Gasteiger partial charge is 0.355 e. The summed E-state index contributed by atoms with van der Waals surface area (Å²) in [6.45, 7) is 0. The summed E-state index contributed by atoms with van der Waals surface area (Å²) in [6, 6.07) is 5.39. The summed E-state index contributed by atoms with van der Waals surface area (Å²) >= 11 is 0. The first-order chi connectivity index (χ1) is 13.2. The van der Waals surface area contributed by atoms with E-state index in [1.807, 2.05) is 0 Å². The Labute approximate surface area is 153 Å². The summed E-state index contributed by atoms with van der Waals surface area (Å²) in [5.74, 6) is -14.8. The van der Waals surface area contributed by atoms with Crippen LogP contribution < -0.4 is 0 Å². The van der Waals surface area contributed by atoms with E-state index >= 15 is 0 Å². The molecule has 2 aromatic carbocycles. The molecule has 5 nitrogen and oxygen atoms in total. The second kappa shape index (κ2) is 6.87. The van der Waals surface area contributed by atoms with Gasteiger partial charge in [0.25, 0.3) is 11.8 Å². The fraction of sp³-hybridized carbons (Fsp3) is 0.0556. The molecule has 28 heavy (non-hydrogen) atoms. The number of fused-ring (bicyclic) bond motifs is 1. The van der Waals surface area contributed by atoms with E-state index in [4.69, 9.17) is 0 Å². The second-order valence-electron chi connectivity index (χ2n) is 5.50. The molecule has 144 valence electrons. The Kier molecular flexibility index (Phi) is 4.72. The summed E-state index contributed by atoms with van der Waals surface area (Å²) in [6.07, 6.45) is 0.198. The van der Waals surface area contributed by atoms with Gasteiger partial charge >= 0.3 is 5.97 Å². The van der Waals surface area contributed by atoms with Crippen molar-refractivity contribution in [3.05, 3.63) is 75.7 Å². The number of carbonyl (C=O) groups is 3. The first kappa shape index (κ1) is 19.2. The van der Waals surface area contributed by atoms with Crippen molar-refractivity contribution < 1.29 is 41.1 Å². The van der Waals surface area contributed by atoms with Crippen LogP contribution in [0.25, 0.3) is 6.08 Å². The van der Waals surface area contributed by atoms with E-state index in [-0.39, 0.29) is 22.1 Å². The third-order valence-corrected chi connectivity index (χ3v) is 3.95. The molecule has 1 aliphatic rings. The van der Waals surface area contributed by atoms with Crippen molar-refractivity contribution in [1.29, 1.82) is 0 Å². The van der Waals surface area contributed by atoms with Crippen LogP contribution in [0.2, 0.25) is 0 Å². The van der Waals surface area contributed by atoms with Crippen LogP contribution in [0.4, 0.5) is 22.0 Å². The molecule has 2 aromatic rings. The van der Waals surface area contributed by atoms with Crippen molar-refractivity contribution in [2.45, 2.75) is 0 Å². The third kappa shape index (κ3) is 2.73. The van der Waals surface area contributed by atoms with Gasteiger partial charge in [0.1, 0.15) is 5.70 Å². The molecule has 0 bridgehead atoms. The normalized spacial score (nSPS) is 13.8. The second-order valence-corrected chi connectivity index (χ2v) is 5.50. The van der Waals surface area contributed by atoms with Crippen LogP contribution in [-0.2, 0) is 9.53 Å². The summed E-state index contributed by atoms with van der Waals surface area (Å²) in [5.41, 5.74) is -2.75. The van der Waals surface area contributed by atoms with Crippen LogP contribution in [-0.4, -0.2) is 29.8 Å². The number of hydrogen-bond donors (Lipinski definition) is 0. The molecule has 10 heteroatoms. The maximum Gasteiger partial charge on any atom is 0.355 e. The quantitative estimate of drug-likeness (QED) is 0.199. The highest BCUT2D eigenvalue weighted by molar-refractivity contribution is 6.25. The summed E-state index contributed by atoms with van der Waals surface area (Å²) in [4.78, 5) is 37.3. The average Bonchev–Trinajstić information content (AvgIpc) is 2.95. The van der Waals surface area contributed by atoms with Gasteiger partial charge in [-0.2, -0.15) is 0 Å². The molecule has 2 amide bonds. The number of halogens is 5. The van der Waals surface area contributed by atoms with E-state index in [0.717, 1.165) is 7.11 Å². The zero-order valence-corrected chi connectivity index (χ0v) is 13.9. The standard InChI is InChI=1S/C18H8F5NO4/c1-28-18(27)10(6-9-11(19)13(21)15(23)14(22)12(9)20)24-16(25)7-4-2-3-5-8(7)17(24)26/h2-6H,1H3/b10-6+. The van der Waals surface area contributed by atoms with Gasteiger partial charge in [-0.1, -0.05) is 12.1 Å². The van der Waals surface area contributed by atoms with E-state index in [1.54, 1.807) is 0 Å². The van der Waals surface area contributed by atoms with E-state index < -0.39 is 58.1 Å². The summed E-state index contributed by atoms with van der Waals surface area (Å²) < 4.78 is 72.4. The Morgan fingerprint density at radius 2 is 1.29 bits per heavy atom. The molecule has 3 rings (SSSR count). The number of esters is 1. The van der Waals surface area contributed by atoms with Crippen LogP contribution in [0, 0.1) is 29.1 Å². The zero-order valence-electron chi connectivity index (χ0n) is 13.9. The van der Waals surface area contributed by atoms with Crippen LogP contribution in [0.5, 0.6) is 0 Å². The van der Waals surface area contributed by atoms with Crippen molar-refractivity contribution >= 4 is 23.9 Å². The van der Waals surface area contributed by atoms with Gasteiger partial charge in [0.2, 0.25) is 5.82 Å². The van der Waals surface area contributed by atoms with E-state index in [1.165, 1.54) is 24.3 Å². The molecular formula is C18H8F5NO4. The number of rotatable bonds is 3. The predicted molar refractivity (Wildman–Crippen MR) is 83.2 cm³/mol. The number of hydrogen-bond acceptors (Lipinski definition) is 4. The van der Waals surface area contributed by atoms with Gasteiger partial charge in [0, 0.05) is 0 Å². The molecule has 0 radical (unpaired) electrons. The van der Waals surface area contributed by atoms with E-state index in [9.17, 15) is 36.3 Å². The molecule has 0 N–H and O–H groups in total. The van der Waals surface area contributed by atoms with Crippen molar-refractivity contribution in [1.82, 2.24) is 4.90 Å². The Morgan fingerprint density at radius 3 is 1.71 bits per heavy atom. The van der Waals surface area contributed by atoms with Gasteiger partial charge in [0.15, 0.2) is 23.3 Å². The van der Waals surface area contributed by atoms with Crippen molar-refractivity contribution in [3.8, 4) is 0 Å². The fourth-order valence-electron chi connectivity index (χ4n) is 2.61. The van der Waals surface area contributed by atoms with Gasteiger partial charge in [-0.05, 0) is 18.2 Å². The molecule has 0 fully saturated rings. The molecule has 0 atom stereocenters. The predicted octanol–water partition coefficient (Wildman–Crippen LogP) is 3.19. The molecule has 0 unspecified atom stereocenters. The van der Waals surface area contributed by atoms with E-state index in [0.29, 0.717) is 0 Å². The van der Waals surface area contributed by atoms with Gasteiger partial charge < -0.3 is 4.74 Å². The van der Waals surface area contributed by atoms with Crippen LogP contribution in [0.3, 0.4) is 0 Å². The maximum absolute atomic E-state index is 14.0. The number of ether oxygens (including phenoxy) is 1.